The molecule has 0 unspecified atom stereocenters. The van der Waals surface area contributed by atoms with Gasteiger partial charge in [-0.15, -0.1) is 0 Å². The fraction of sp³-hybridized carbons (Fsp3) is 0.286. The second kappa shape index (κ2) is 5.24. The number of ether oxygens (including phenoxy) is 1. The van der Waals surface area contributed by atoms with Crippen LogP contribution in [0.15, 0.2) is 18.2 Å². The summed E-state index contributed by atoms with van der Waals surface area (Å²) in [5, 5.41) is 0. The molecule has 0 aliphatic rings. The van der Waals surface area contributed by atoms with Crippen LogP contribution >= 0.6 is 0 Å². The third-order valence-corrected chi connectivity index (χ3v) is 3.04. The molecule has 0 saturated carbocycles. The normalized spacial score (nSPS) is 10.4. The van der Waals surface area contributed by atoms with E-state index < -0.39 is 0 Å². The van der Waals surface area contributed by atoms with Gasteiger partial charge in [-0.05, 0) is 44.4 Å². The Morgan fingerprint density at radius 1 is 1.05 bits per heavy atom. The van der Waals surface area contributed by atoms with Crippen molar-refractivity contribution in [3.05, 3.63) is 40.6 Å². The summed E-state index contributed by atoms with van der Waals surface area (Å²) < 4.78 is 5.90. The van der Waals surface area contributed by atoms with Crippen LogP contribution in [0.3, 0.4) is 0 Å². The van der Waals surface area contributed by atoms with Gasteiger partial charge in [0.2, 0.25) is 11.8 Å². The number of hydrogen-bond donors (Lipinski definition) is 2. The monoisotopic (exact) mass is 258 g/mol. The van der Waals surface area contributed by atoms with Gasteiger partial charge in [-0.2, -0.15) is 4.98 Å². The average Bonchev–Trinajstić information content (AvgIpc) is 2.38. The third-order valence-electron chi connectivity index (χ3n) is 3.04. The van der Waals surface area contributed by atoms with Crippen molar-refractivity contribution in [1.82, 2.24) is 9.97 Å². The molecule has 0 aliphatic heterocycles. The largest absolute Gasteiger partial charge is 0.438 e. The number of hydrogen-bond acceptors (Lipinski definition) is 5. The number of benzene rings is 1. The highest BCUT2D eigenvalue weighted by Crippen LogP contribution is 2.30. The molecule has 1 aromatic carbocycles. The number of nitrogens with zero attached hydrogens (tertiary/aromatic N) is 2. The molecule has 3 N–H and O–H groups in total. The molecule has 0 saturated heterocycles. The SMILES string of the molecule is Cc1cc(Oc2c(C)ccc(C)c2C)nc(NN)n1. The molecule has 0 bridgehead atoms. The van der Waals surface area contributed by atoms with Crippen LogP contribution in [0.4, 0.5) is 5.95 Å². The third kappa shape index (κ3) is 2.82. The number of nitrogens with one attached hydrogen (secondary N) is 1. The van der Waals surface area contributed by atoms with Gasteiger partial charge in [0.15, 0.2) is 0 Å². The molecule has 19 heavy (non-hydrogen) atoms. The lowest BCUT2D eigenvalue weighted by Gasteiger charge is -2.13. The number of nitrogen functional groups attached to an aromatic ring is 1. The maximum Gasteiger partial charge on any atom is 0.240 e. The van der Waals surface area contributed by atoms with Gasteiger partial charge < -0.3 is 4.74 Å². The highest BCUT2D eigenvalue weighted by atomic mass is 16.5. The van der Waals surface area contributed by atoms with E-state index in [1.165, 1.54) is 5.56 Å². The fourth-order valence-electron chi connectivity index (χ4n) is 1.84. The number of aryl methyl sites for hydroxylation is 3. The van der Waals surface area contributed by atoms with E-state index in [4.69, 9.17) is 10.6 Å². The first-order chi connectivity index (χ1) is 9.01. The van der Waals surface area contributed by atoms with E-state index in [0.717, 1.165) is 22.6 Å². The van der Waals surface area contributed by atoms with Crippen molar-refractivity contribution in [1.29, 1.82) is 0 Å². The summed E-state index contributed by atoms with van der Waals surface area (Å²) in [7, 11) is 0. The predicted octanol–water partition coefficient (Wildman–Crippen LogP) is 2.79. The lowest BCUT2D eigenvalue weighted by atomic mass is 10.1. The van der Waals surface area contributed by atoms with Crippen molar-refractivity contribution in [2.75, 3.05) is 5.43 Å². The summed E-state index contributed by atoms with van der Waals surface area (Å²) in [6.45, 7) is 7.97. The number of anilines is 1. The fourth-order valence-corrected chi connectivity index (χ4v) is 1.84. The quantitative estimate of drug-likeness (QED) is 0.654. The van der Waals surface area contributed by atoms with Gasteiger partial charge in [-0.25, -0.2) is 10.8 Å². The topological polar surface area (TPSA) is 73.1 Å². The Labute approximate surface area is 112 Å². The van der Waals surface area contributed by atoms with Crippen molar-refractivity contribution >= 4 is 5.95 Å². The summed E-state index contributed by atoms with van der Waals surface area (Å²) in [5.74, 6) is 7.00. The van der Waals surface area contributed by atoms with E-state index in [1.807, 2.05) is 26.8 Å². The summed E-state index contributed by atoms with van der Waals surface area (Å²) in [5.41, 5.74) is 6.59. The van der Waals surface area contributed by atoms with Gasteiger partial charge >= 0.3 is 0 Å². The lowest BCUT2D eigenvalue weighted by molar-refractivity contribution is 0.454. The Kier molecular flexibility index (Phi) is 3.66. The van der Waals surface area contributed by atoms with E-state index in [1.54, 1.807) is 6.07 Å². The maximum absolute atomic E-state index is 5.90. The van der Waals surface area contributed by atoms with E-state index >= 15 is 0 Å². The zero-order valence-corrected chi connectivity index (χ0v) is 11.6. The number of aromatic nitrogens is 2. The van der Waals surface area contributed by atoms with E-state index in [2.05, 4.69) is 28.4 Å². The summed E-state index contributed by atoms with van der Waals surface area (Å²) >= 11 is 0. The maximum atomic E-state index is 5.90. The minimum atomic E-state index is 0.345. The molecule has 2 rings (SSSR count). The minimum Gasteiger partial charge on any atom is -0.438 e. The van der Waals surface area contributed by atoms with Crippen molar-refractivity contribution in [2.24, 2.45) is 5.84 Å². The first-order valence-electron chi connectivity index (χ1n) is 6.08. The van der Waals surface area contributed by atoms with E-state index in [0.29, 0.717) is 11.8 Å². The summed E-state index contributed by atoms with van der Waals surface area (Å²) in [4.78, 5) is 8.32. The average molecular weight is 258 g/mol. The molecule has 5 nitrogen and oxygen atoms in total. The molecule has 5 heteroatoms. The molecule has 100 valence electrons. The molecule has 0 spiro atoms. The van der Waals surface area contributed by atoms with Crippen LogP contribution in [0.25, 0.3) is 0 Å². The van der Waals surface area contributed by atoms with Gasteiger partial charge in [0.05, 0.1) is 0 Å². The molecule has 0 fully saturated rings. The Morgan fingerprint density at radius 2 is 1.74 bits per heavy atom. The Balaban J connectivity index is 2.41. The van der Waals surface area contributed by atoms with Crippen LogP contribution < -0.4 is 16.0 Å². The highest BCUT2D eigenvalue weighted by molar-refractivity contribution is 5.46. The van der Waals surface area contributed by atoms with Crippen LogP contribution in [0.5, 0.6) is 11.6 Å². The number of rotatable bonds is 3. The molecule has 2 aromatic rings. The van der Waals surface area contributed by atoms with Gasteiger partial charge in [0.25, 0.3) is 0 Å². The molecule has 0 atom stereocenters. The zero-order valence-electron chi connectivity index (χ0n) is 11.6. The van der Waals surface area contributed by atoms with Crippen LogP contribution in [-0.4, -0.2) is 9.97 Å². The smallest absolute Gasteiger partial charge is 0.240 e. The number of hydrazine groups is 1. The Morgan fingerprint density at radius 3 is 2.42 bits per heavy atom. The van der Waals surface area contributed by atoms with Crippen LogP contribution in [0.1, 0.15) is 22.4 Å². The van der Waals surface area contributed by atoms with Crippen LogP contribution in [0, 0.1) is 27.7 Å². The van der Waals surface area contributed by atoms with Crippen molar-refractivity contribution in [3.8, 4) is 11.6 Å². The molecule has 1 aromatic heterocycles. The Bertz CT molecular complexity index is 611. The second-order valence-corrected chi connectivity index (χ2v) is 4.57. The van der Waals surface area contributed by atoms with E-state index in [-0.39, 0.29) is 0 Å². The van der Waals surface area contributed by atoms with Crippen molar-refractivity contribution in [2.45, 2.75) is 27.7 Å². The van der Waals surface area contributed by atoms with Gasteiger partial charge in [-0.3, -0.25) is 5.43 Å². The van der Waals surface area contributed by atoms with Crippen molar-refractivity contribution in [3.63, 3.8) is 0 Å². The zero-order chi connectivity index (χ0) is 14.0. The van der Waals surface area contributed by atoms with Gasteiger partial charge in [0, 0.05) is 11.8 Å². The van der Waals surface area contributed by atoms with Crippen LogP contribution in [-0.2, 0) is 0 Å². The minimum absolute atomic E-state index is 0.345. The first kappa shape index (κ1) is 13.3. The lowest BCUT2D eigenvalue weighted by Crippen LogP contribution is -2.11. The summed E-state index contributed by atoms with van der Waals surface area (Å²) in [6, 6.07) is 5.89. The molecule has 0 aliphatic carbocycles. The Hall–Kier alpha value is -2.14. The second-order valence-electron chi connectivity index (χ2n) is 4.57. The highest BCUT2D eigenvalue weighted by Gasteiger charge is 2.10. The van der Waals surface area contributed by atoms with Gasteiger partial charge in [-0.1, -0.05) is 12.1 Å². The predicted molar refractivity (Wildman–Crippen MR) is 75.3 cm³/mol. The molecular weight excluding hydrogens is 240 g/mol. The molecule has 0 radical (unpaired) electrons. The molecular formula is C14H18N4O. The molecule has 1 heterocycles. The van der Waals surface area contributed by atoms with Crippen LogP contribution in [0.2, 0.25) is 0 Å². The summed E-state index contributed by atoms with van der Waals surface area (Å²) in [6.07, 6.45) is 0. The van der Waals surface area contributed by atoms with Gasteiger partial charge in [0.1, 0.15) is 5.75 Å². The van der Waals surface area contributed by atoms with E-state index in [9.17, 15) is 0 Å². The standard InChI is InChI=1S/C14H18N4O/c1-8-5-6-9(2)13(11(8)4)19-12-7-10(3)16-14(17-12)18-15/h5-7H,15H2,1-4H3,(H,16,17,18). The number of nitrogens with two attached hydrogens (primary N) is 1. The molecule has 0 amide bonds. The van der Waals surface area contributed by atoms with Crippen molar-refractivity contribution < 1.29 is 4.74 Å². The first-order valence-corrected chi connectivity index (χ1v) is 6.08.